The summed E-state index contributed by atoms with van der Waals surface area (Å²) < 4.78 is 12.9. The Hall–Kier alpha value is -2.14. The highest BCUT2D eigenvalue weighted by molar-refractivity contribution is 6.33. The molecule has 18 heavy (non-hydrogen) atoms. The van der Waals surface area contributed by atoms with Gasteiger partial charge in [0.05, 0.1) is 16.2 Å². The largest absolute Gasteiger partial charge is 0.325 e. The lowest BCUT2D eigenvalue weighted by atomic mass is 10.1. The molecule has 2 aromatic heterocycles. The first-order chi connectivity index (χ1) is 8.63. The van der Waals surface area contributed by atoms with Crippen molar-refractivity contribution in [2.24, 2.45) is 0 Å². The van der Waals surface area contributed by atoms with Crippen LogP contribution in [0.5, 0.6) is 0 Å². The first kappa shape index (κ1) is 11.0. The lowest BCUT2D eigenvalue weighted by Crippen LogP contribution is -1.99. The average Bonchev–Trinajstić information content (AvgIpc) is 2.68. The number of fused-ring (bicyclic) bond motifs is 1. The third kappa shape index (κ3) is 1.78. The van der Waals surface area contributed by atoms with Gasteiger partial charge >= 0.3 is 5.69 Å². The van der Waals surface area contributed by atoms with E-state index in [1.807, 2.05) is 0 Å². The predicted octanol–water partition coefficient (Wildman–Crippen LogP) is 2.71. The second-order valence-corrected chi connectivity index (χ2v) is 4.21. The molecule has 0 fully saturated rings. The van der Waals surface area contributed by atoms with Gasteiger partial charge in [0.1, 0.15) is 5.82 Å². The minimum Gasteiger partial charge on any atom is -0.304 e. The molecule has 0 atom stereocenters. The molecule has 0 saturated carbocycles. The molecule has 2 N–H and O–H groups in total. The van der Waals surface area contributed by atoms with Gasteiger partial charge in [-0.25, -0.2) is 14.2 Å². The summed E-state index contributed by atoms with van der Waals surface area (Å²) in [7, 11) is 0. The number of hydrogen-bond donors (Lipinski definition) is 2. The van der Waals surface area contributed by atoms with E-state index in [9.17, 15) is 9.18 Å². The minimum atomic E-state index is -0.343. The number of pyridine rings is 1. The van der Waals surface area contributed by atoms with Crippen molar-refractivity contribution in [2.75, 3.05) is 0 Å². The first-order valence-electron chi connectivity index (χ1n) is 5.18. The average molecular weight is 264 g/mol. The van der Waals surface area contributed by atoms with E-state index < -0.39 is 0 Å². The number of aromatic amines is 2. The highest BCUT2D eigenvalue weighted by Gasteiger charge is 2.09. The molecule has 0 aliphatic carbocycles. The van der Waals surface area contributed by atoms with Crippen LogP contribution in [0.25, 0.3) is 22.4 Å². The zero-order valence-corrected chi connectivity index (χ0v) is 9.75. The van der Waals surface area contributed by atoms with E-state index in [-0.39, 0.29) is 11.5 Å². The maximum absolute atomic E-state index is 12.9. The van der Waals surface area contributed by atoms with E-state index in [4.69, 9.17) is 11.6 Å². The molecule has 0 radical (unpaired) electrons. The van der Waals surface area contributed by atoms with Gasteiger partial charge in [-0.3, -0.25) is 4.98 Å². The van der Waals surface area contributed by atoms with Crippen molar-refractivity contribution in [3.63, 3.8) is 0 Å². The number of hydrogen-bond acceptors (Lipinski definition) is 2. The minimum absolute atomic E-state index is 0.328. The summed E-state index contributed by atoms with van der Waals surface area (Å²) in [5, 5.41) is 0.393. The molecule has 0 bridgehead atoms. The molecule has 6 heteroatoms. The Labute approximate surface area is 105 Å². The molecule has 0 unspecified atom stereocenters. The zero-order valence-electron chi connectivity index (χ0n) is 9.00. The van der Waals surface area contributed by atoms with Gasteiger partial charge in [-0.05, 0) is 30.3 Å². The standard InChI is InChI=1S/C12H7ClFN3O/c13-8-5-9-11(17-12(18)15-9)16-10(8)6-1-3-7(14)4-2-6/h1-5H,(H2,15,16,17,18). The van der Waals surface area contributed by atoms with Crippen LogP contribution in [0.1, 0.15) is 0 Å². The molecular formula is C12H7ClFN3O. The Morgan fingerprint density at radius 3 is 2.61 bits per heavy atom. The summed E-state index contributed by atoms with van der Waals surface area (Å²) in [5.41, 5.74) is 1.80. The number of halogens is 2. The van der Waals surface area contributed by atoms with Gasteiger partial charge in [-0.15, -0.1) is 0 Å². The van der Waals surface area contributed by atoms with Gasteiger partial charge in [0.15, 0.2) is 5.65 Å². The number of nitrogens with zero attached hydrogens (tertiary/aromatic N) is 1. The fourth-order valence-electron chi connectivity index (χ4n) is 1.75. The highest BCUT2D eigenvalue weighted by atomic mass is 35.5. The van der Waals surface area contributed by atoms with Crippen molar-refractivity contribution in [3.8, 4) is 11.3 Å². The van der Waals surface area contributed by atoms with Crippen LogP contribution < -0.4 is 5.69 Å². The first-order valence-corrected chi connectivity index (χ1v) is 5.56. The molecule has 4 nitrogen and oxygen atoms in total. The van der Waals surface area contributed by atoms with E-state index in [0.717, 1.165) is 0 Å². The van der Waals surface area contributed by atoms with Crippen molar-refractivity contribution >= 4 is 22.8 Å². The molecule has 0 aliphatic heterocycles. The summed E-state index contributed by atoms with van der Waals surface area (Å²) in [6, 6.07) is 7.44. The third-order valence-electron chi connectivity index (χ3n) is 2.57. The van der Waals surface area contributed by atoms with Gasteiger partial charge in [0.25, 0.3) is 0 Å². The SMILES string of the molecule is O=c1[nH]c2cc(Cl)c(-c3ccc(F)cc3)nc2[nH]1. The van der Waals surface area contributed by atoms with Gasteiger partial charge in [0.2, 0.25) is 0 Å². The van der Waals surface area contributed by atoms with E-state index in [2.05, 4.69) is 15.0 Å². The Morgan fingerprint density at radius 2 is 1.89 bits per heavy atom. The number of imidazole rings is 1. The molecule has 0 saturated heterocycles. The van der Waals surface area contributed by atoms with E-state index >= 15 is 0 Å². The molecule has 3 aromatic rings. The zero-order chi connectivity index (χ0) is 12.7. The highest BCUT2D eigenvalue weighted by Crippen LogP contribution is 2.27. The number of aromatic nitrogens is 3. The molecular weight excluding hydrogens is 257 g/mol. The lowest BCUT2D eigenvalue weighted by molar-refractivity contribution is 0.628. The van der Waals surface area contributed by atoms with E-state index in [0.29, 0.717) is 27.4 Å². The van der Waals surface area contributed by atoms with Crippen LogP contribution in [-0.2, 0) is 0 Å². The molecule has 1 aromatic carbocycles. The van der Waals surface area contributed by atoms with Gasteiger partial charge in [-0.1, -0.05) is 11.6 Å². The fraction of sp³-hybridized carbons (Fsp3) is 0. The normalized spacial score (nSPS) is 11.0. The fourth-order valence-corrected chi connectivity index (χ4v) is 2.01. The molecule has 90 valence electrons. The Balaban J connectivity index is 2.24. The second-order valence-electron chi connectivity index (χ2n) is 3.80. The molecule has 2 heterocycles. The monoisotopic (exact) mass is 263 g/mol. The molecule has 3 rings (SSSR count). The molecule has 0 aliphatic rings. The smallest absolute Gasteiger partial charge is 0.304 e. The second kappa shape index (κ2) is 3.96. The maximum atomic E-state index is 12.9. The topological polar surface area (TPSA) is 61.5 Å². The van der Waals surface area contributed by atoms with Crippen LogP contribution in [0.3, 0.4) is 0 Å². The predicted molar refractivity (Wildman–Crippen MR) is 67.1 cm³/mol. The summed E-state index contributed by atoms with van der Waals surface area (Å²) in [4.78, 5) is 20.5. The third-order valence-corrected chi connectivity index (χ3v) is 2.86. The molecule has 0 amide bonds. The summed E-state index contributed by atoms with van der Waals surface area (Å²) in [5.74, 6) is -0.328. The number of nitrogens with one attached hydrogen (secondary N) is 2. The number of rotatable bonds is 1. The Kier molecular flexibility index (Phi) is 2.41. The number of benzene rings is 1. The van der Waals surface area contributed by atoms with Crippen molar-refractivity contribution in [2.45, 2.75) is 0 Å². The van der Waals surface area contributed by atoms with Crippen molar-refractivity contribution < 1.29 is 4.39 Å². The van der Waals surface area contributed by atoms with Crippen molar-refractivity contribution in [1.29, 1.82) is 0 Å². The van der Waals surface area contributed by atoms with Crippen molar-refractivity contribution in [3.05, 3.63) is 51.7 Å². The van der Waals surface area contributed by atoms with Crippen LogP contribution in [0.15, 0.2) is 35.1 Å². The molecule has 0 spiro atoms. The lowest BCUT2D eigenvalue weighted by Gasteiger charge is -2.03. The van der Waals surface area contributed by atoms with Gasteiger partial charge < -0.3 is 4.98 Å². The van der Waals surface area contributed by atoms with Crippen LogP contribution in [0.2, 0.25) is 5.02 Å². The quantitative estimate of drug-likeness (QED) is 0.709. The van der Waals surface area contributed by atoms with Gasteiger partial charge in [-0.2, -0.15) is 0 Å². The van der Waals surface area contributed by atoms with Crippen LogP contribution in [-0.4, -0.2) is 15.0 Å². The number of H-pyrrole nitrogens is 2. The van der Waals surface area contributed by atoms with E-state index in [1.165, 1.54) is 12.1 Å². The summed E-state index contributed by atoms with van der Waals surface area (Å²) in [6.45, 7) is 0. The summed E-state index contributed by atoms with van der Waals surface area (Å²) in [6.07, 6.45) is 0. The van der Waals surface area contributed by atoms with Crippen LogP contribution in [0, 0.1) is 5.82 Å². The van der Waals surface area contributed by atoms with Crippen LogP contribution in [0.4, 0.5) is 4.39 Å². The Morgan fingerprint density at radius 1 is 1.17 bits per heavy atom. The Bertz CT molecular complexity index is 776. The van der Waals surface area contributed by atoms with E-state index in [1.54, 1.807) is 18.2 Å². The van der Waals surface area contributed by atoms with Crippen molar-refractivity contribution in [1.82, 2.24) is 15.0 Å². The van der Waals surface area contributed by atoms with Crippen LogP contribution >= 0.6 is 11.6 Å². The van der Waals surface area contributed by atoms with Gasteiger partial charge in [0, 0.05) is 5.56 Å². The maximum Gasteiger partial charge on any atom is 0.325 e. The summed E-state index contributed by atoms with van der Waals surface area (Å²) >= 11 is 6.09.